The maximum absolute atomic E-state index is 10.0. The zero-order chi connectivity index (χ0) is 12.7. The van der Waals surface area contributed by atoms with Crippen LogP contribution in [0.15, 0.2) is 24.3 Å². The van der Waals surface area contributed by atoms with Crippen LogP contribution in [-0.4, -0.2) is 52.6 Å². The molecule has 0 radical (unpaired) electrons. The Bertz CT molecular complexity index is 419. The Morgan fingerprint density at radius 1 is 1.17 bits per heavy atom. The summed E-state index contributed by atoms with van der Waals surface area (Å²) in [6, 6.07) is 6.12. The van der Waals surface area contributed by atoms with Crippen molar-refractivity contribution in [1.29, 1.82) is 0 Å². The van der Waals surface area contributed by atoms with Gasteiger partial charge in [0.05, 0.1) is 6.61 Å². The molecule has 6 heteroatoms. The zero-order valence-corrected chi connectivity index (χ0v) is 9.47. The Morgan fingerprint density at radius 3 is 2.56 bits per heavy atom. The highest BCUT2D eigenvalue weighted by Gasteiger charge is 2.57. The van der Waals surface area contributed by atoms with Crippen molar-refractivity contribution in [3.8, 4) is 11.5 Å². The molecular formula is C12H14O6. The summed E-state index contributed by atoms with van der Waals surface area (Å²) in [5, 5.41) is 28.4. The largest absolute Gasteiger partial charge is 0.508 e. The van der Waals surface area contributed by atoms with Gasteiger partial charge in [0.25, 0.3) is 0 Å². The minimum Gasteiger partial charge on any atom is -0.508 e. The van der Waals surface area contributed by atoms with Gasteiger partial charge in [-0.15, -0.1) is 0 Å². The Morgan fingerprint density at radius 2 is 1.89 bits per heavy atom. The van der Waals surface area contributed by atoms with Crippen molar-refractivity contribution in [1.82, 2.24) is 0 Å². The van der Waals surface area contributed by atoms with Crippen LogP contribution in [0.2, 0.25) is 0 Å². The smallest absolute Gasteiger partial charge is 0.187 e. The van der Waals surface area contributed by atoms with Crippen LogP contribution in [0, 0.1) is 0 Å². The number of ether oxygens (including phenoxy) is 3. The molecule has 0 aliphatic carbocycles. The molecule has 2 heterocycles. The van der Waals surface area contributed by atoms with Crippen LogP contribution in [0.5, 0.6) is 11.5 Å². The Labute approximate surface area is 103 Å². The quantitative estimate of drug-likeness (QED) is 0.637. The molecule has 0 amide bonds. The van der Waals surface area contributed by atoms with E-state index < -0.39 is 24.6 Å². The summed E-state index contributed by atoms with van der Waals surface area (Å²) in [6.07, 6.45) is -2.97. The third-order valence-corrected chi connectivity index (χ3v) is 3.12. The van der Waals surface area contributed by atoms with Crippen molar-refractivity contribution >= 4 is 0 Å². The van der Waals surface area contributed by atoms with Crippen molar-refractivity contribution < 1.29 is 29.5 Å². The van der Waals surface area contributed by atoms with E-state index in [-0.39, 0.29) is 18.5 Å². The lowest BCUT2D eigenvalue weighted by Gasteiger charge is -2.32. The van der Waals surface area contributed by atoms with Gasteiger partial charge in [-0.25, -0.2) is 0 Å². The first kappa shape index (κ1) is 11.7. The topological polar surface area (TPSA) is 91.7 Å². The zero-order valence-electron chi connectivity index (χ0n) is 9.47. The minimum absolute atomic E-state index is 0.132. The summed E-state index contributed by atoms with van der Waals surface area (Å²) in [4.78, 5) is 0. The van der Waals surface area contributed by atoms with Gasteiger partial charge in [-0.1, -0.05) is 0 Å². The predicted molar refractivity (Wildman–Crippen MR) is 59.1 cm³/mol. The monoisotopic (exact) mass is 254 g/mol. The molecule has 0 spiro atoms. The number of aliphatic hydroxyl groups excluding tert-OH is 2. The molecule has 3 rings (SSSR count). The van der Waals surface area contributed by atoms with E-state index in [2.05, 4.69) is 0 Å². The second kappa shape index (κ2) is 4.40. The molecule has 2 saturated heterocycles. The first-order valence-electron chi connectivity index (χ1n) is 5.74. The maximum Gasteiger partial charge on any atom is 0.187 e. The molecule has 0 saturated carbocycles. The van der Waals surface area contributed by atoms with Gasteiger partial charge in [0.15, 0.2) is 12.4 Å². The normalized spacial score (nSPS) is 38.0. The molecule has 18 heavy (non-hydrogen) atoms. The van der Waals surface area contributed by atoms with Gasteiger partial charge in [0.2, 0.25) is 0 Å². The predicted octanol–water partition coefficient (Wildman–Crippen LogP) is -0.384. The van der Waals surface area contributed by atoms with E-state index in [0.717, 1.165) is 0 Å². The summed E-state index contributed by atoms with van der Waals surface area (Å²) in [5.41, 5.74) is 0. The third-order valence-electron chi connectivity index (χ3n) is 3.12. The van der Waals surface area contributed by atoms with Crippen molar-refractivity contribution in [3.05, 3.63) is 24.3 Å². The summed E-state index contributed by atoms with van der Waals surface area (Å²) in [6.45, 7) is -0.258. The molecule has 1 aromatic carbocycles. The fourth-order valence-corrected chi connectivity index (χ4v) is 2.09. The second-order valence-corrected chi connectivity index (χ2v) is 4.39. The molecule has 2 aliphatic heterocycles. The SMILES string of the molecule is OCC1OC2OC2C(O)C1Oc1ccc(O)cc1. The number of phenolic OH excluding ortho intramolecular Hbond substituents is 1. The molecule has 3 N–H and O–H groups in total. The van der Waals surface area contributed by atoms with Crippen molar-refractivity contribution in [3.63, 3.8) is 0 Å². The first-order valence-corrected chi connectivity index (χ1v) is 5.74. The van der Waals surface area contributed by atoms with E-state index in [4.69, 9.17) is 14.2 Å². The number of rotatable bonds is 3. The minimum atomic E-state index is -0.838. The van der Waals surface area contributed by atoms with Crippen LogP contribution in [0.1, 0.15) is 0 Å². The molecule has 2 aliphatic rings. The lowest BCUT2D eigenvalue weighted by molar-refractivity contribution is -0.134. The summed E-state index contributed by atoms with van der Waals surface area (Å²) >= 11 is 0. The van der Waals surface area contributed by atoms with Crippen molar-refractivity contribution in [2.45, 2.75) is 30.7 Å². The number of hydrogen-bond donors (Lipinski definition) is 3. The standard InChI is InChI=1S/C12H14O6/c13-5-8-10(9(15)11-12(17-8)18-11)16-7-3-1-6(14)2-4-7/h1-4,8-15H,5H2. The second-order valence-electron chi connectivity index (χ2n) is 4.39. The molecule has 1 aromatic rings. The van der Waals surface area contributed by atoms with Gasteiger partial charge in [-0.3, -0.25) is 0 Å². The van der Waals surface area contributed by atoms with Crippen LogP contribution in [0.3, 0.4) is 0 Å². The first-order chi connectivity index (χ1) is 8.69. The molecule has 0 bridgehead atoms. The van der Waals surface area contributed by atoms with Crippen molar-refractivity contribution in [2.75, 3.05) is 6.61 Å². The lowest BCUT2D eigenvalue weighted by Crippen LogP contribution is -2.52. The highest BCUT2D eigenvalue weighted by atomic mass is 16.8. The summed E-state index contributed by atoms with van der Waals surface area (Å²) < 4.78 is 16.1. The molecule has 0 aromatic heterocycles. The molecule has 6 nitrogen and oxygen atoms in total. The Hall–Kier alpha value is -1.34. The van der Waals surface area contributed by atoms with Gasteiger partial charge in [0, 0.05) is 0 Å². The lowest BCUT2D eigenvalue weighted by atomic mass is 10.0. The van der Waals surface area contributed by atoms with Crippen LogP contribution >= 0.6 is 0 Å². The van der Waals surface area contributed by atoms with E-state index >= 15 is 0 Å². The summed E-state index contributed by atoms with van der Waals surface area (Å²) in [5.74, 6) is 0.616. The van der Waals surface area contributed by atoms with E-state index in [1.165, 1.54) is 12.1 Å². The highest BCUT2D eigenvalue weighted by Crippen LogP contribution is 2.37. The number of hydrogen-bond acceptors (Lipinski definition) is 6. The van der Waals surface area contributed by atoms with Crippen LogP contribution in [-0.2, 0) is 9.47 Å². The van der Waals surface area contributed by atoms with E-state index in [0.29, 0.717) is 5.75 Å². The Kier molecular flexibility index (Phi) is 2.87. The van der Waals surface area contributed by atoms with E-state index in [1.807, 2.05) is 0 Å². The third kappa shape index (κ3) is 2.04. The number of phenols is 1. The summed E-state index contributed by atoms with van der Waals surface area (Å²) in [7, 11) is 0. The number of aromatic hydroxyl groups is 1. The van der Waals surface area contributed by atoms with Gasteiger partial charge in [-0.05, 0) is 24.3 Å². The molecular weight excluding hydrogens is 240 g/mol. The molecule has 5 atom stereocenters. The van der Waals surface area contributed by atoms with Gasteiger partial charge < -0.3 is 29.5 Å². The molecule has 5 unspecified atom stereocenters. The highest BCUT2D eigenvalue weighted by molar-refractivity contribution is 5.30. The average molecular weight is 254 g/mol. The average Bonchev–Trinajstić information content (AvgIpc) is 3.14. The van der Waals surface area contributed by atoms with Gasteiger partial charge in [-0.2, -0.15) is 0 Å². The number of fused-ring (bicyclic) bond motifs is 1. The van der Waals surface area contributed by atoms with E-state index in [1.54, 1.807) is 12.1 Å². The van der Waals surface area contributed by atoms with Gasteiger partial charge in [0.1, 0.15) is 29.8 Å². The fraction of sp³-hybridized carbons (Fsp3) is 0.500. The van der Waals surface area contributed by atoms with Gasteiger partial charge >= 0.3 is 0 Å². The van der Waals surface area contributed by atoms with Crippen LogP contribution in [0.4, 0.5) is 0 Å². The number of epoxide rings is 1. The maximum atomic E-state index is 10.0. The number of benzene rings is 1. The van der Waals surface area contributed by atoms with Crippen molar-refractivity contribution in [2.24, 2.45) is 0 Å². The van der Waals surface area contributed by atoms with E-state index in [9.17, 15) is 15.3 Å². The number of aliphatic hydroxyl groups is 2. The van der Waals surface area contributed by atoms with Crippen LogP contribution in [0.25, 0.3) is 0 Å². The fourth-order valence-electron chi connectivity index (χ4n) is 2.09. The van der Waals surface area contributed by atoms with Crippen LogP contribution < -0.4 is 4.74 Å². The molecule has 2 fully saturated rings. The molecule has 98 valence electrons. The Balaban J connectivity index is 1.74.